The van der Waals surface area contributed by atoms with Crippen LogP contribution in [0.25, 0.3) is 0 Å². The third-order valence-corrected chi connectivity index (χ3v) is 13.2. The van der Waals surface area contributed by atoms with Crippen LogP contribution in [-0.4, -0.2) is 62.7 Å². The summed E-state index contributed by atoms with van der Waals surface area (Å²) in [5.41, 5.74) is 2.02. The quantitative estimate of drug-likeness (QED) is 0.0787. The van der Waals surface area contributed by atoms with Gasteiger partial charge >= 0.3 is 0 Å². The lowest BCUT2D eigenvalue weighted by Gasteiger charge is -2.32. The van der Waals surface area contributed by atoms with Crippen LogP contribution < -0.4 is 10.2 Å². The Balaban J connectivity index is 1.18. The molecule has 7 rings (SSSR count). The lowest BCUT2D eigenvalue weighted by atomic mass is 9.82. The van der Waals surface area contributed by atoms with Crippen molar-refractivity contribution in [1.29, 1.82) is 0 Å². The van der Waals surface area contributed by atoms with E-state index in [4.69, 9.17) is 4.74 Å². The van der Waals surface area contributed by atoms with Crippen molar-refractivity contribution < 1.29 is 29.2 Å². The minimum Gasteiger partial charge on any atom is -0.432 e. The Bertz CT molecular complexity index is 2180. The number of rotatable bonds is 12. The van der Waals surface area contributed by atoms with E-state index >= 15 is 0 Å². The number of aryl methyl sites for hydroxylation is 1. The Morgan fingerprint density at radius 2 is 1.76 bits per heavy atom. The summed E-state index contributed by atoms with van der Waals surface area (Å²) in [5, 5.41) is 33.8. The predicted molar refractivity (Wildman–Crippen MR) is 204 cm³/mol. The van der Waals surface area contributed by atoms with E-state index in [-0.39, 0.29) is 36.6 Å². The number of aromatic nitrogens is 3. The molecular weight excluding hydrogens is 705 g/mol. The lowest BCUT2D eigenvalue weighted by Crippen LogP contribution is -2.46. The molecule has 0 bridgehead atoms. The zero-order valence-corrected chi connectivity index (χ0v) is 31.2. The van der Waals surface area contributed by atoms with Crippen LogP contribution in [0.5, 0.6) is 0 Å². The van der Waals surface area contributed by atoms with Crippen molar-refractivity contribution in [2.45, 2.75) is 62.7 Å². The number of ether oxygens (including phenoxy) is 1. The average Bonchev–Trinajstić information content (AvgIpc) is 3.82. The minimum atomic E-state index is -3.03. The third kappa shape index (κ3) is 6.84. The summed E-state index contributed by atoms with van der Waals surface area (Å²) in [4.78, 5) is 52.7. The third-order valence-electron chi connectivity index (χ3n) is 10.7. The highest BCUT2D eigenvalue weighted by Crippen LogP contribution is 2.60. The number of nitro groups is 1. The first kappa shape index (κ1) is 36.8. The second kappa shape index (κ2) is 14.7. The lowest BCUT2D eigenvalue weighted by molar-refractivity contribution is -0.385. The molecule has 1 aromatic heterocycles. The Morgan fingerprint density at radius 1 is 1.04 bits per heavy atom. The van der Waals surface area contributed by atoms with Crippen LogP contribution >= 0.6 is 0 Å². The number of aliphatic hydroxyl groups is 1. The van der Waals surface area contributed by atoms with Gasteiger partial charge in [-0.15, -0.1) is 5.10 Å². The maximum atomic E-state index is 14.9. The number of fused-ring (bicyclic) bond motifs is 2. The van der Waals surface area contributed by atoms with Crippen molar-refractivity contribution >= 4 is 37.2 Å². The van der Waals surface area contributed by atoms with Crippen LogP contribution in [0.2, 0.25) is 18.6 Å². The molecule has 14 heteroatoms. The molecule has 1 spiro atoms. The number of nitrogens with one attached hydrogen (secondary N) is 1. The van der Waals surface area contributed by atoms with Crippen LogP contribution in [0.4, 0.5) is 17.1 Å². The first-order valence-corrected chi connectivity index (χ1v) is 21.0. The molecule has 5 aromatic rings. The van der Waals surface area contributed by atoms with Gasteiger partial charge < -0.3 is 24.9 Å². The Kier molecular flexibility index (Phi) is 10.0. The largest absolute Gasteiger partial charge is 0.432 e. The number of carbonyl (C=O) groups is 2. The fourth-order valence-corrected chi connectivity index (χ4v) is 10.8. The molecule has 4 aromatic carbocycles. The summed E-state index contributed by atoms with van der Waals surface area (Å²) in [6, 6.07) is 30.0. The van der Waals surface area contributed by atoms with Crippen molar-refractivity contribution in [3.05, 3.63) is 147 Å². The molecule has 0 saturated carbocycles. The van der Waals surface area contributed by atoms with Crippen LogP contribution in [-0.2, 0) is 28.2 Å². The molecule has 0 radical (unpaired) electrons. The zero-order valence-electron chi connectivity index (χ0n) is 30.2. The summed E-state index contributed by atoms with van der Waals surface area (Å²) in [6.45, 7) is 5.86. The second-order valence-electron chi connectivity index (χ2n) is 14.6. The van der Waals surface area contributed by atoms with Crippen molar-refractivity contribution in [3.63, 3.8) is 0 Å². The van der Waals surface area contributed by atoms with Crippen molar-refractivity contribution in [1.82, 2.24) is 15.0 Å². The van der Waals surface area contributed by atoms with Gasteiger partial charge in [0.1, 0.15) is 0 Å². The van der Waals surface area contributed by atoms with Gasteiger partial charge in [0.2, 0.25) is 0 Å². The number of non-ortho nitro benzene ring substituents is 1. The zero-order chi connectivity index (χ0) is 38.2. The number of benzene rings is 4. The van der Waals surface area contributed by atoms with Gasteiger partial charge in [0, 0.05) is 53.1 Å². The highest BCUT2D eigenvalue weighted by Gasteiger charge is 2.66. The Morgan fingerprint density at radius 3 is 2.44 bits per heavy atom. The standard InChI is InChI=1S/C40H42N6O7Si/c1-26-37(54(2,3)52)36(19-20-44-24-34(42-43-44)32(25-47)28-12-6-4-7-13-28)53-40(26)33-22-31(46(50)51)17-18-35(33)45(39(40)49)23-27-11-10-16-30(21-27)41-38(48)29-14-8-5-9-15-29/h4-18,21-22,24,26,32,36-37,47,52H,19-20,23,25H2,1-3H3,(H,41,48)/t26-,32?,36+,37-,40+/m0/s1. The highest BCUT2D eigenvalue weighted by molar-refractivity contribution is 6.71. The summed E-state index contributed by atoms with van der Waals surface area (Å²) in [6.07, 6.45) is 1.58. The molecule has 13 nitrogen and oxygen atoms in total. The number of aliphatic hydroxyl groups excluding tert-OH is 1. The van der Waals surface area contributed by atoms with Gasteiger partial charge in [-0.1, -0.05) is 72.8 Å². The first-order chi connectivity index (χ1) is 25.9. The SMILES string of the molecule is C[C@H]1[C@H]([Si](C)(C)O)[C@@H](CCn2cc(C(CO)c3ccccc3)nn2)O[C@]12C(=O)N(Cc1cccc(NC(=O)c3ccccc3)c1)c1ccc([N+](=O)[O-])cc12. The van der Waals surface area contributed by atoms with E-state index in [1.54, 1.807) is 64.3 Å². The van der Waals surface area contributed by atoms with E-state index < -0.39 is 36.4 Å². The summed E-state index contributed by atoms with van der Waals surface area (Å²) in [7, 11) is -3.03. The van der Waals surface area contributed by atoms with Gasteiger partial charge in [-0.25, -0.2) is 0 Å². The van der Waals surface area contributed by atoms with Crippen LogP contribution in [0.15, 0.2) is 109 Å². The monoisotopic (exact) mass is 746 g/mol. The Labute approximate surface area is 313 Å². The minimum absolute atomic E-state index is 0.112. The maximum Gasteiger partial charge on any atom is 0.269 e. The van der Waals surface area contributed by atoms with E-state index in [1.165, 1.54) is 12.1 Å². The normalized spacial score (nSPS) is 21.3. The Hall–Kier alpha value is -5.54. The van der Waals surface area contributed by atoms with Gasteiger partial charge in [-0.3, -0.25) is 24.4 Å². The molecule has 3 heterocycles. The molecule has 278 valence electrons. The van der Waals surface area contributed by atoms with Gasteiger partial charge in [-0.05, 0) is 61.0 Å². The predicted octanol–water partition coefficient (Wildman–Crippen LogP) is 6.00. The molecule has 3 N–H and O–H groups in total. The topological polar surface area (TPSA) is 173 Å². The summed E-state index contributed by atoms with van der Waals surface area (Å²) >= 11 is 0. The number of hydrogen-bond donors (Lipinski definition) is 3. The maximum absolute atomic E-state index is 14.9. The number of anilines is 2. The number of hydrogen-bond acceptors (Lipinski definition) is 9. The first-order valence-electron chi connectivity index (χ1n) is 17.9. The summed E-state index contributed by atoms with van der Waals surface area (Å²) in [5.74, 6) is -1.52. The molecule has 54 heavy (non-hydrogen) atoms. The smallest absolute Gasteiger partial charge is 0.269 e. The molecule has 1 unspecified atom stereocenters. The van der Waals surface area contributed by atoms with Gasteiger partial charge in [0.05, 0.1) is 41.5 Å². The van der Waals surface area contributed by atoms with Gasteiger partial charge in [0.25, 0.3) is 17.5 Å². The second-order valence-corrected chi connectivity index (χ2v) is 18.5. The molecule has 0 aliphatic carbocycles. The number of nitro benzene ring substituents is 1. The van der Waals surface area contributed by atoms with Gasteiger partial charge in [-0.2, -0.15) is 0 Å². The molecule has 2 aliphatic rings. The van der Waals surface area contributed by atoms with E-state index in [0.29, 0.717) is 41.2 Å². The van der Waals surface area contributed by atoms with Crippen molar-refractivity contribution in [2.75, 3.05) is 16.8 Å². The molecule has 2 aliphatic heterocycles. The van der Waals surface area contributed by atoms with Crippen LogP contribution in [0, 0.1) is 16.0 Å². The fourth-order valence-electron chi connectivity index (χ4n) is 8.23. The van der Waals surface area contributed by atoms with E-state index in [0.717, 1.165) is 11.1 Å². The van der Waals surface area contributed by atoms with Crippen molar-refractivity contribution in [2.24, 2.45) is 5.92 Å². The molecule has 1 saturated heterocycles. The fraction of sp³-hybridized carbons (Fsp3) is 0.300. The van der Waals surface area contributed by atoms with Crippen molar-refractivity contribution in [3.8, 4) is 0 Å². The summed E-state index contributed by atoms with van der Waals surface area (Å²) < 4.78 is 8.57. The highest BCUT2D eigenvalue weighted by atomic mass is 28.4. The van der Waals surface area contributed by atoms with Gasteiger partial charge in [0.15, 0.2) is 13.9 Å². The van der Waals surface area contributed by atoms with Crippen LogP contribution in [0.1, 0.15) is 52.0 Å². The average molecular weight is 747 g/mol. The van der Waals surface area contributed by atoms with E-state index in [9.17, 15) is 29.6 Å². The van der Waals surface area contributed by atoms with E-state index in [2.05, 4.69) is 15.6 Å². The molecular formula is C40H42N6O7Si. The molecule has 1 fully saturated rings. The molecule has 2 amide bonds. The number of amides is 2. The van der Waals surface area contributed by atoms with E-state index in [1.807, 2.05) is 62.5 Å². The molecule has 5 atom stereocenters. The van der Waals surface area contributed by atoms with Crippen LogP contribution in [0.3, 0.4) is 0 Å². The number of nitrogens with zero attached hydrogens (tertiary/aromatic N) is 5. The number of carbonyl (C=O) groups excluding carboxylic acids is 2.